The third-order valence-corrected chi connectivity index (χ3v) is 4.62. The first-order valence-corrected chi connectivity index (χ1v) is 11.7. The summed E-state index contributed by atoms with van der Waals surface area (Å²) in [5.41, 5.74) is 7.33. The molecular weight excluding hydrogens is 416 g/mol. The lowest BCUT2D eigenvalue weighted by molar-refractivity contribution is -0.120. The van der Waals surface area contributed by atoms with Crippen LogP contribution in [0.4, 0.5) is 11.6 Å². The Bertz CT molecular complexity index is 717. The minimum Gasteiger partial charge on any atom is -0.399 e. The van der Waals surface area contributed by atoms with Crippen LogP contribution in [0.1, 0.15) is 79.7 Å². The third kappa shape index (κ3) is 17.3. The fourth-order valence-electron chi connectivity index (χ4n) is 2.10. The standard InChI is InChI=1S/C10H17N5O.C8H15NO.C7H14/c1-3-4-5-12-10-8(6-15-16-2)9(11)13-7-14-10;1-4-6-7(3)9-8(10)5-2;1-5-7(4)6(2)3/h6-7H,3-5H2,1-2H3,(H3,11,12,13,14);6H,4-5H2,1-3H3,(H,9,10);5-7H,1H2,2-4H3/b15-6+;7-6+;. The van der Waals surface area contributed by atoms with Gasteiger partial charge < -0.3 is 21.2 Å². The molecule has 1 rings (SSSR count). The van der Waals surface area contributed by atoms with Gasteiger partial charge in [-0.2, -0.15) is 0 Å². The summed E-state index contributed by atoms with van der Waals surface area (Å²) >= 11 is 0. The van der Waals surface area contributed by atoms with Crippen LogP contribution in [0.15, 0.2) is 35.9 Å². The quantitative estimate of drug-likeness (QED) is 0.172. The van der Waals surface area contributed by atoms with Gasteiger partial charge in [0.2, 0.25) is 5.91 Å². The molecule has 1 atom stereocenters. The van der Waals surface area contributed by atoms with Crippen molar-refractivity contribution in [3.05, 3.63) is 36.3 Å². The van der Waals surface area contributed by atoms with Crippen LogP contribution in [0.5, 0.6) is 0 Å². The molecule has 1 amide bonds. The maximum absolute atomic E-state index is 10.7. The van der Waals surface area contributed by atoms with Gasteiger partial charge in [0.25, 0.3) is 0 Å². The Hall–Kier alpha value is -2.90. The lowest BCUT2D eigenvalue weighted by Crippen LogP contribution is -2.19. The normalized spacial score (nSPS) is 11.6. The molecule has 0 aliphatic heterocycles. The zero-order chi connectivity index (χ0) is 25.6. The molecule has 4 N–H and O–H groups in total. The van der Waals surface area contributed by atoms with Gasteiger partial charge in [0.15, 0.2) is 0 Å². The summed E-state index contributed by atoms with van der Waals surface area (Å²) in [6.45, 7) is 19.0. The number of carbonyl (C=O) groups is 1. The highest BCUT2D eigenvalue weighted by Gasteiger charge is 2.06. The number of unbranched alkanes of at least 4 members (excludes halogenated alkanes) is 1. The molecule has 0 fully saturated rings. The van der Waals surface area contributed by atoms with Gasteiger partial charge >= 0.3 is 0 Å². The molecule has 0 aliphatic carbocycles. The van der Waals surface area contributed by atoms with Gasteiger partial charge in [-0.25, -0.2) is 9.97 Å². The maximum atomic E-state index is 10.7. The molecule has 1 unspecified atom stereocenters. The Morgan fingerprint density at radius 3 is 2.39 bits per heavy atom. The van der Waals surface area contributed by atoms with Crippen LogP contribution in [0, 0.1) is 11.8 Å². The lowest BCUT2D eigenvalue weighted by atomic mass is 9.99. The predicted octanol–water partition coefficient (Wildman–Crippen LogP) is 5.54. The number of rotatable bonds is 11. The summed E-state index contributed by atoms with van der Waals surface area (Å²) in [5, 5.41) is 9.61. The number of nitrogens with two attached hydrogens (primary N) is 1. The first-order valence-electron chi connectivity index (χ1n) is 11.7. The molecule has 0 aromatic carbocycles. The molecule has 0 saturated carbocycles. The van der Waals surface area contributed by atoms with Gasteiger partial charge in [0.05, 0.1) is 11.8 Å². The lowest BCUT2D eigenvalue weighted by Gasteiger charge is -2.08. The van der Waals surface area contributed by atoms with Crippen LogP contribution in [-0.4, -0.2) is 35.7 Å². The second-order valence-corrected chi connectivity index (χ2v) is 7.75. The third-order valence-electron chi connectivity index (χ3n) is 4.62. The second kappa shape index (κ2) is 21.0. The Balaban J connectivity index is 0. The minimum absolute atomic E-state index is 0.0854. The summed E-state index contributed by atoms with van der Waals surface area (Å²) in [7, 11) is 1.47. The molecule has 1 aromatic rings. The number of carbonyl (C=O) groups excluding carboxylic acids is 1. The van der Waals surface area contributed by atoms with Crippen molar-refractivity contribution in [3.8, 4) is 0 Å². The van der Waals surface area contributed by atoms with Crippen molar-refractivity contribution in [1.82, 2.24) is 15.3 Å². The number of hydrogen-bond donors (Lipinski definition) is 3. The van der Waals surface area contributed by atoms with Crippen molar-refractivity contribution >= 4 is 23.8 Å². The van der Waals surface area contributed by atoms with E-state index in [1.54, 1.807) is 0 Å². The van der Waals surface area contributed by atoms with Crippen molar-refractivity contribution in [2.75, 3.05) is 24.7 Å². The number of nitrogens with zero attached hydrogens (tertiary/aromatic N) is 3. The van der Waals surface area contributed by atoms with Gasteiger partial charge in [0, 0.05) is 18.7 Å². The molecular formula is C25H46N6O2. The van der Waals surface area contributed by atoms with Crippen molar-refractivity contribution < 1.29 is 9.63 Å². The molecule has 1 heterocycles. The molecule has 0 saturated heterocycles. The zero-order valence-corrected chi connectivity index (χ0v) is 21.9. The van der Waals surface area contributed by atoms with Crippen molar-refractivity contribution in [2.24, 2.45) is 17.0 Å². The van der Waals surface area contributed by atoms with E-state index in [0.717, 1.165) is 37.4 Å². The number of oxime groups is 1. The molecule has 8 heteroatoms. The van der Waals surface area contributed by atoms with Crippen molar-refractivity contribution in [1.29, 1.82) is 0 Å². The average Bonchev–Trinajstić information content (AvgIpc) is 2.79. The zero-order valence-electron chi connectivity index (χ0n) is 21.9. The minimum atomic E-state index is 0.0854. The molecule has 188 valence electrons. The van der Waals surface area contributed by atoms with Crippen LogP contribution >= 0.6 is 0 Å². The van der Waals surface area contributed by atoms with E-state index in [1.807, 2.05) is 32.9 Å². The van der Waals surface area contributed by atoms with Gasteiger partial charge in [0.1, 0.15) is 25.1 Å². The second-order valence-electron chi connectivity index (χ2n) is 7.75. The van der Waals surface area contributed by atoms with Gasteiger partial charge in [-0.3, -0.25) is 4.79 Å². The highest BCUT2D eigenvalue weighted by Crippen LogP contribution is 2.14. The number of hydrogen-bond acceptors (Lipinski definition) is 7. The summed E-state index contributed by atoms with van der Waals surface area (Å²) < 4.78 is 0. The van der Waals surface area contributed by atoms with Crippen LogP contribution in [-0.2, 0) is 9.63 Å². The Labute approximate surface area is 201 Å². The Morgan fingerprint density at radius 2 is 1.94 bits per heavy atom. The fraction of sp³-hybridized carbons (Fsp3) is 0.600. The highest BCUT2D eigenvalue weighted by atomic mass is 16.6. The first kappa shape index (κ1) is 32.3. The van der Waals surface area contributed by atoms with Crippen molar-refractivity contribution in [3.63, 3.8) is 0 Å². The number of nitrogen functional groups attached to an aromatic ring is 1. The number of allylic oxidation sites excluding steroid dienone is 3. The topological polar surface area (TPSA) is 115 Å². The van der Waals surface area contributed by atoms with Gasteiger partial charge in [-0.1, -0.05) is 65.3 Å². The van der Waals surface area contributed by atoms with E-state index in [2.05, 4.69) is 64.9 Å². The first-order chi connectivity index (χ1) is 15.7. The molecule has 33 heavy (non-hydrogen) atoms. The molecule has 0 bridgehead atoms. The van der Waals surface area contributed by atoms with E-state index in [9.17, 15) is 4.79 Å². The van der Waals surface area contributed by atoms with Gasteiger partial charge in [-0.15, -0.1) is 6.58 Å². The fourth-order valence-corrected chi connectivity index (χ4v) is 2.10. The Morgan fingerprint density at radius 1 is 1.27 bits per heavy atom. The van der Waals surface area contributed by atoms with Crippen molar-refractivity contribution in [2.45, 2.75) is 74.1 Å². The summed E-state index contributed by atoms with van der Waals surface area (Å²) in [6.07, 6.45) is 10.6. The molecule has 8 nitrogen and oxygen atoms in total. The highest BCUT2D eigenvalue weighted by molar-refractivity contribution is 5.91. The van der Waals surface area contributed by atoms with E-state index in [4.69, 9.17) is 5.73 Å². The smallest absolute Gasteiger partial charge is 0.223 e. The van der Waals surface area contributed by atoms with E-state index < -0.39 is 0 Å². The monoisotopic (exact) mass is 462 g/mol. The predicted molar refractivity (Wildman–Crippen MR) is 141 cm³/mol. The van der Waals surface area contributed by atoms with Crippen LogP contribution in [0.2, 0.25) is 0 Å². The van der Waals surface area contributed by atoms with E-state index in [0.29, 0.717) is 29.5 Å². The summed E-state index contributed by atoms with van der Waals surface area (Å²) in [6, 6.07) is 0. The number of anilines is 2. The SMILES string of the molecule is C=CC(C)C(C)C.CC/C=C(\C)NC(=O)CC.CCCCNc1ncnc(N)c1/C=N/OC. The molecule has 0 spiro atoms. The number of amides is 1. The van der Waals surface area contributed by atoms with E-state index in [1.165, 1.54) is 19.7 Å². The van der Waals surface area contributed by atoms with Crippen LogP contribution in [0.25, 0.3) is 0 Å². The Kier molecular flexibility index (Phi) is 20.5. The maximum Gasteiger partial charge on any atom is 0.223 e. The van der Waals surface area contributed by atoms with Crippen LogP contribution in [0.3, 0.4) is 0 Å². The molecule has 0 radical (unpaired) electrons. The molecule has 0 aliphatic rings. The number of aromatic nitrogens is 2. The number of nitrogens with one attached hydrogen (secondary N) is 2. The largest absolute Gasteiger partial charge is 0.399 e. The van der Waals surface area contributed by atoms with E-state index >= 15 is 0 Å². The molecule has 1 aromatic heterocycles. The average molecular weight is 463 g/mol. The summed E-state index contributed by atoms with van der Waals surface area (Å²) in [5.74, 6) is 2.57. The van der Waals surface area contributed by atoms with Gasteiger partial charge in [-0.05, 0) is 31.6 Å². The summed E-state index contributed by atoms with van der Waals surface area (Å²) in [4.78, 5) is 23.4. The van der Waals surface area contributed by atoms with Crippen LogP contribution < -0.4 is 16.4 Å². The van der Waals surface area contributed by atoms with E-state index in [-0.39, 0.29) is 5.91 Å².